The Kier molecular flexibility index (Phi) is 4.58. The van der Waals surface area contributed by atoms with Gasteiger partial charge in [-0.05, 0) is 42.3 Å². The number of nitrogens with one attached hydrogen (secondary N) is 1. The fourth-order valence-corrected chi connectivity index (χ4v) is 1.92. The van der Waals surface area contributed by atoms with Gasteiger partial charge in [-0.1, -0.05) is 23.7 Å². The molecule has 0 aliphatic carbocycles. The summed E-state index contributed by atoms with van der Waals surface area (Å²) in [5, 5.41) is 2.66. The number of carbonyl (C=O) groups is 1. The lowest BCUT2D eigenvalue weighted by Crippen LogP contribution is -2.12. The van der Waals surface area contributed by atoms with Gasteiger partial charge in [0.15, 0.2) is 0 Å². The number of hydrogen-bond acceptors (Lipinski definition) is 2. The number of carbonyl (C=O) groups excluding carboxylic acids is 1. The quantitative estimate of drug-likeness (QED) is 0.846. The maximum Gasteiger partial charge on any atom is 0.224 e. The average Bonchev–Trinajstić information content (AvgIpc) is 2.41. The van der Waals surface area contributed by atoms with E-state index >= 15 is 0 Å². The lowest BCUT2D eigenvalue weighted by Gasteiger charge is -2.06. The van der Waals surface area contributed by atoms with Crippen molar-refractivity contribution in [2.24, 2.45) is 0 Å². The number of nitrogen functional groups attached to an aromatic ring is 1. The Labute approximate surface area is 121 Å². The molecule has 5 heteroatoms. The highest BCUT2D eigenvalue weighted by atomic mass is 35.5. The summed E-state index contributed by atoms with van der Waals surface area (Å²) < 4.78 is 13.2. The maximum atomic E-state index is 13.2. The Bertz CT molecular complexity index is 631. The van der Waals surface area contributed by atoms with Gasteiger partial charge in [-0.2, -0.15) is 0 Å². The molecule has 0 aromatic heterocycles. The van der Waals surface area contributed by atoms with Crippen molar-refractivity contribution in [2.45, 2.75) is 12.8 Å². The molecule has 0 fully saturated rings. The molecule has 3 nitrogen and oxygen atoms in total. The molecule has 0 unspecified atom stereocenters. The van der Waals surface area contributed by atoms with E-state index in [0.29, 0.717) is 24.2 Å². The van der Waals surface area contributed by atoms with Gasteiger partial charge in [-0.3, -0.25) is 4.79 Å². The van der Waals surface area contributed by atoms with E-state index in [2.05, 4.69) is 5.32 Å². The first-order valence-corrected chi connectivity index (χ1v) is 6.52. The fraction of sp³-hybridized carbons (Fsp3) is 0.133. The molecule has 2 aromatic carbocycles. The van der Waals surface area contributed by atoms with Crippen molar-refractivity contribution in [2.75, 3.05) is 11.1 Å². The summed E-state index contributed by atoms with van der Waals surface area (Å²) >= 11 is 5.57. The lowest BCUT2D eigenvalue weighted by molar-refractivity contribution is -0.116. The van der Waals surface area contributed by atoms with Crippen molar-refractivity contribution < 1.29 is 9.18 Å². The molecule has 20 heavy (non-hydrogen) atoms. The van der Waals surface area contributed by atoms with Gasteiger partial charge >= 0.3 is 0 Å². The van der Waals surface area contributed by atoms with Crippen LogP contribution in [-0.2, 0) is 11.2 Å². The molecule has 0 heterocycles. The van der Waals surface area contributed by atoms with Crippen molar-refractivity contribution in [3.63, 3.8) is 0 Å². The molecule has 1 amide bonds. The minimum absolute atomic E-state index is 0.0303. The van der Waals surface area contributed by atoms with Crippen LogP contribution in [-0.4, -0.2) is 5.91 Å². The van der Waals surface area contributed by atoms with Gasteiger partial charge in [0.05, 0.1) is 5.02 Å². The van der Waals surface area contributed by atoms with Crippen LogP contribution in [0.25, 0.3) is 0 Å². The van der Waals surface area contributed by atoms with Crippen molar-refractivity contribution >= 4 is 28.9 Å². The first-order valence-electron chi connectivity index (χ1n) is 6.14. The Morgan fingerprint density at radius 1 is 1.25 bits per heavy atom. The molecular formula is C15H14ClFN2O. The predicted molar refractivity (Wildman–Crippen MR) is 79.2 cm³/mol. The average molecular weight is 293 g/mol. The van der Waals surface area contributed by atoms with Crippen LogP contribution in [0.15, 0.2) is 42.5 Å². The van der Waals surface area contributed by atoms with Gasteiger partial charge in [-0.15, -0.1) is 0 Å². The van der Waals surface area contributed by atoms with Crippen LogP contribution < -0.4 is 11.1 Å². The largest absolute Gasteiger partial charge is 0.399 e. The molecule has 104 valence electrons. The monoisotopic (exact) mass is 292 g/mol. The summed E-state index contributed by atoms with van der Waals surface area (Å²) in [6, 6.07) is 11.5. The van der Waals surface area contributed by atoms with Crippen LogP contribution in [0.5, 0.6) is 0 Å². The molecule has 0 saturated heterocycles. The smallest absolute Gasteiger partial charge is 0.224 e. The number of rotatable bonds is 4. The Morgan fingerprint density at radius 2 is 2.05 bits per heavy atom. The predicted octanol–water partition coefficient (Wildman–Crippen LogP) is 3.63. The fourth-order valence-electron chi connectivity index (χ4n) is 1.80. The molecule has 0 bridgehead atoms. The number of halogens is 2. The van der Waals surface area contributed by atoms with Crippen LogP contribution in [0.4, 0.5) is 15.8 Å². The highest BCUT2D eigenvalue weighted by Crippen LogP contribution is 2.19. The van der Waals surface area contributed by atoms with Crippen molar-refractivity contribution in [1.82, 2.24) is 0 Å². The minimum atomic E-state index is -0.555. The van der Waals surface area contributed by atoms with Gasteiger partial charge in [0.1, 0.15) is 5.82 Å². The molecular weight excluding hydrogens is 279 g/mol. The number of aryl methyl sites for hydroxylation is 1. The Morgan fingerprint density at radius 3 is 2.75 bits per heavy atom. The van der Waals surface area contributed by atoms with Crippen LogP contribution in [0.3, 0.4) is 0 Å². The van der Waals surface area contributed by atoms with Crippen LogP contribution >= 0.6 is 11.6 Å². The zero-order valence-corrected chi connectivity index (χ0v) is 11.5. The Balaban J connectivity index is 1.91. The number of hydrogen-bond donors (Lipinski definition) is 2. The van der Waals surface area contributed by atoms with E-state index in [1.54, 1.807) is 12.1 Å². The summed E-state index contributed by atoms with van der Waals surface area (Å²) in [4.78, 5) is 11.8. The topological polar surface area (TPSA) is 55.1 Å². The minimum Gasteiger partial charge on any atom is -0.399 e. The number of nitrogens with two attached hydrogens (primary N) is 1. The van der Waals surface area contributed by atoms with E-state index in [0.717, 1.165) is 5.56 Å². The molecule has 0 atom stereocenters. The molecule has 3 N–H and O–H groups in total. The third kappa shape index (κ3) is 3.96. The molecule has 0 aliphatic rings. The molecule has 0 saturated carbocycles. The highest BCUT2D eigenvalue weighted by Gasteiger charge is 2.06. The van der Waals surface area contributed by atoms with E-state index in [9.17, 15) is 9.18 Å². The summed E-state index contributed by atoms with van der Waals surface area (Å²) in [6.07, 6.45) is 0.876. The molecule has 2 rings (SSSR count). The van der Waals surface area contributed by atoms with Crippen molar-refractivity contribution in [3.8, 4) is 0 Å². The zero-order chi connectivity index (χ0) is 14.5. The van der Waals surface area contributed by atoms with E-state index in [-0.39, 0.29) is 10.9 Å². The first-order chi connectivity index (χ1) is 9.54. The second kappa shape index (κ2) is 6.39. The van der Waals surface area contributed by atoms with E-state index in [1.165, 1.54) is 12.1 Å². The normalized spacial score (nSPS) is 10.3. The van der Waals surface area contributed by atoms with E-state index < -0.39 is 5.82 Å². The zero-order valence-electron chi connectivity index (χ0n) is 10.7. The van der Waals surface area contributed by atoms with Crippen LogP contribution in [0.1, 0.15) is 12.0 Å². The first kappa shape index (κ1) is 14.3. The second-order valence-corrected chi connectivity index (χ2v) is 4.83. The number of benzene rings is 2. The van der Waals surface area contributed by atoms with Gasteiger partial charge in [0.2, 0.25) is 5.91 Å². The molecule has 2 aromatic rings. The van der Waals surface area contributed by atoms with Crippen LogP contribution in [0.2, 0.25) is 5.02 Å². The van der Waals surface area contributed by atoms with Gasteiger partial charge in [0.25, 0.3) is 0 Å². The SMILES string of the molecule is Nc1cccc(CCC(=O)Nc2ccc(Cl)c(F)c2)c1. The Hall–Kier alpha value is -2.07. The van der Waals surface area contributed by atoms with Crippen molar-refractivity contribution in [3.05, 3.63) is 58.9 Å². The molecule has 0 radical (unpaired) electrons. The molecule has 0 aliphatic heterocycles. The summed E-state index contributed by atoms with van der Waals surface area (Å²) in [6.45, 7) is 0. The van der Waals surface area contributed by atoms with Crippen LogP contribution in [0, 0.1) is 5.82 Å². The summed E-state index contributed by atoms with van der Waals surface area (Å²) in [5.74, 6) is -0.741. The summed E-state index contributed by atoms with van der Waals surface area (Å²) in [7, 11) is 0. The molecule has 0 spiro atoms. The third-order valence-corrected chi connectivity index (χ3v) is 3.10. The van der Waals surface area contributed by atoms with E-state index in [1.807, 2.05) is 18.2 Å². The maximum absolute atomic E-state index is 13.2. The van der Waals surface area contributed by atoms with Gasteiger partial charge in [0, 0.05) is 17.8 Å². The van der Waals surface area contributed by atoms with Gasteiger partial charge in [-0.25, -0.2) is 4.39 Å². The second-order valence-electron chi connectivity index (χ2n) is 4.42. The van der Waals surface area contributed by atoms with Gasteiger partial charge < -0.3 is 11.1 Å². The number of amides is 1. The van der Waals surface area contributed by atoms with Crippen molar-refractivity contribution in [1.29, 1.82) is 0 Å². The highest BCUT2D eigenvalue weighted by molar-refractivity contribution is 6.30. The summed E-state index contributed by atoms with van der Waals surface area (Å²) in [5.41, 5.74) is 7.72. The standard InChI is InChI=1S/C15H14ClFN2O/c16-13-6-5-12(9-14(13)17)19-15(20)7-4-10-2-1-3-11(18)8-10/h1-3,5-6,8-9H,4,7,18H2,(H,19,20). The third-order valence-electron chi connectivity index (χ3n) is 2.80. The lowest BCUT2D eigenvalue weighted by atomic mass is 10.1. The van der Waals surface area contributed by atoms with E-state index in [4.69, 9.17) is 17.3 Å². The number of anilines is 2.